The Kier molecular flexibility index (Phi) is 7.89. The minimum atomic E-state index is -0.465. The van der Waals surface area contributed by atoms with E-state index in [4.69, 9.17) is 4.74 Å². The normalized spacial score (nSPS) is 17.7. The quantitative estimate of drug-likeness (QED) is 0.684. The van der Waals surface area contributed by atoms with E-state index in [0.717, 1.165) is 19.5 Å². The van der Waals surface area contributed by atoms with E-state index in [0.29, 0.717) is 18.6 Å². The smallest absolute Gasteiger partial charge is 0.306 e. The number of hydrogen-bond acceptors (Lipinski definition) is 4. The van der Waals surface area contributed by atoms with Crippen LogP contribution in [0.1, 0.15) is 50.4 Å². The first-order valence-electron chi connectivity index (χ1n) is 7.94. The molecule has 1 N–H and O–H groups in total. The molecule has 128 valence electrons. The zero-order valence-electron chi connectivity index (χ0n) is 14.1. The molecule has 4 nitrogen and oxygen atoms in total. The van der Waals surface area contributed by atoms with Crippen molar-refractivity contribution in [3.8, 4) is 0 Å². The van der Waals surface area contributed by atoms with Crippen LogP contribution >= 0.6 is 0 Å². The molecule has 0 aromatic heterocycles. The third-order valence-electron chi connectivity index (χ3n) is 3.31. The van der Waals surface area contributed by atoms with E-state index in [1.165, 1.54) is 18.6 Å². The number of nitrogens with one attached hydrogen (secondary N) is 1. The Morgan fingerprint density at radius 1 is 1.39 bits per heavy atom. The first kappa shape index (κ1) is 19.3. The molecule has 1 atom stereocenters. The average Bonchev–Trinajstić information content (AvgIpc) is 2.47. The monoisotopic (exact) mass is 323 g/mol. The number of ether oxygens (including phenoxy) is 1. The van der Waals surface area contributed by atoms with Crippen LogP contribution < -0.4 is 5.32 Å². The predicted molar refractivity (Wildman–Crippen MR) is 87.8 cm³/mol. The van der Waals surface area contributed by atoms with Crippen LogP contribution in [0.3, 0.4) is 0 Å². The van der Waals surface area contributed by atoms with Crippen LogP contribution in [0.2, 0.25) is 0 Å². The van der Waals surface area contributed by atoms with Crippen molar-refractivity contribution in [1.29, 1.82) is 0 Å². The van der Waals surface area contributed by atoms with Crippen molar-refractivity contribution >= 4 is 12.3 Å². The molecule has 0 aliphatic carbocycles. The van der Waals surface area contributed by atoms with Gasteiger partial charge in [0.25, 0.3) is 0 Å². The molecular formula is C18H26FNO3. The second kappa shape index (κ2) is 9.40. The standard InChI is InChI=1S/C11H21NO2.C7H5FO/c1-11(2,3)14-10(13)7-9-5-4-6-12-8-9;8-7-4-2-1-3-6(7)5-9/h9,12H,4-8H2,1-3H3;1-5H/t9-;/m0./s1. The van der Waals surface area contributed by atoms with E-state index in [2.05, 4.69) is 5.32 Å². The zero-order chi connectivity index (χ0) is 17.3. The Morgan fingerprint density at radius 2 is 2.09 bits per heavy atom. The molecule has 0 unspecified atom stereocenters. The van der Waals surface area contributed by atoms with Crippen molar-refractivity contribution in [2.75, 3.05) is 13.1 Å². The highest BCUT2D eigenvalue weighted by Crippen LogP contribution is 2.17. The summed E-state index contributed by atoms with van der Waals surface area (Å²) < 4.78 is 17.6. The van der Waals surface area contributed by atoms with Gasteiger partial charge in [-0.1, -0.05) is 12.1 Å². The topological polar surface area (TPSA) is 55.4 Å². The van der Waals surface area contributed by atoms with E-state index >= 15 is 0 Å². The molecule has 0 bridgehead atoms. The van der Waals surface area contributed by atoms with Gasteiger partial charge in [0.05, 0.1) is 5.56 Å². The number of carbonyl (C=O) groups is 2. The molecule has 1 aromatic carbocycles. The fourth-order valence-corrected chi connectivity index (χ4v) is 2.29. The molecule has 0 radical (unpaired) electrons. The largest absolute Gasteiger partial charge is 0.460 e. The van der Waals surface area contributed by atoms with Crippen molar-refractivity contribution in [2.24, 2.45) is 5.92 Å². The molecule has 1 heterocycles. The first-order chi connectivity index (χ1) is 10.8. The number of benzene rings is 1. The van der Waals surface area contributed by atoms with Crippen LogP contribution in [0.4, 0.5) is 4.39 Å². The molecule has 5 heteroatoms. The number of hydrogen-bond donors (Lipinski definition) is 1. The summed E-state index contributed by atoms with van der Waals surface area (Å²) in [4.78, 5) is 21.5. The number of aldehydes is 1. The predicted octanol–water partition coefficient (Wildman–Crippen LogP) is 3.36. The van der Waals surface area contributed by atoms with E-state index in [9.17, 15) is 14.0 Å². The molecule has 0 amide bonds. The molecule has 2 rings (SSSR count). The van der Waals surface area contributed by atoms with Crippen LogP contribution in [-0.4, -0.2) is 30.9 Å². The lowest BCUT2D eigenvalue weighted by Crippen LogP contribution is -2.33. The number of esters is 1. The second-order valence-corrected chi connectivity index (χ2v) is 6.64. The maximum atomic E-state index is 12.4. The second-order valence-electron chi connectivity index (χ2n) is 6.64. The summed E-state index contributed by atoms with van der Waals surface area (Å²) in [6.45, 7) is 7.77. The van der Waals surface area contributed by atoms with Gasteiger partial charge in [0.1, 0.15) is 11.4 Å². The van der Waals surface area contributed by atoms with Gasteiger partial charge in [-0.05, 0) is 64.8 Å². The lowest BCUT2D eigenvalue weighted by atomic mass is 9.96. The van der Waals surface area contributed by atoms with Gasteiger partial charge in [-0.2, -0.15) is 0 Å². The molecule has 1 saturated heterocycles. The highest BCUT2D eigenvalue weighted by molar-refractivity contribution is 5.74. The van der Waals surface area contributed by atoms with Gasteiger partial charge >= 0.3 is 5.97 Å². The molecule has 1 aliphatic rings. The van der Waals surface area contributed by atoms with Gasteiger partial charge in [-0.15, -0.1) is 0 Å². The van der Waals surface area contributed by atoms with Crippen molar-refractivity contribution in [1.82, 2.24) is 5.32 Å². The lowest BCUT2D eigenvalue weighted by Gasteiger charge is -2.24. The Morgan fingerprint density at radius 3 is 2.57 bits per heavy atom. The number of piperidine rings is 1. The highest BCUT2D eigenvalue weighted by atomic mass is 19.1. The summed E-state index contributed by atoms with van der Waals surface area (Å²) in [5.41, 5.74) is -0.239. The molecule has 0 spiro atoms. The third kappa shape index (κ3) is 8.45. The van der Waals surface area contributed by atoms with Crippen molar-refractivity contribution in [3.63, 3.8) is 0 Å². The third-order valence-corrected chi connectivity index (χ3v) is 3.31. The van der Waals surface area contributed by atoms with Gasteiger partial charge < -0.3 is 10.1 Å². The SMILES string of the molecule is CC(C)(C)OC(=O)C[C@@H]1CCCNC1.O=Cc1ccccc1F. The van der Waals surface area contributed by atoms with Crippen LogP contribution in [0.5, 0.6) is 0 Å². The minimum Gasteiger partial charge on any atom is -0.460 e. The van der Waals surface area contributed by atoms with Crippen LogP contribution in [0, 0.1) is 11.7 Å². The first-order valence-corrected chi connectivity index (χ1v) is 7.94. The summed E-state index contributed by atoms with van der Waals surface area (Å²) in [6, 6.07) is 5.85. The Labute approximate surface area is 137 Å². The maximum absolute atomic E-state index is 12.4. The molecule has 1 aliphatic heterocycles. The summed E-state index contributed by atoms with van der Waals surface area (Å²) >= 11 is 0. The average molecular weight is 323 g/mol. The Balaban J connectivity index is 0.000000253. The van der Waals surface area contributed by atoms with Crippen LogP contribution in [-0.2, 0) is 9.53 Å². The van der Waals surface area contributed by atoms with E-state index in [1.807, 2.05) is 20.8 Å². The van der Waals surface area contributed by atoms with Gasteiger partial charge in [0, 0.05) is 6.42 Å². The number of halogens is 1. The van der Waals surface area contributed by atoms with Crippen molar-refractivity contribution < 1.29 is 18.7 Å². The van der Waals surface area contributed by atoms with Gasteiger partial charge in [0.15, 0.2) is 6.29 Å². The summed E-state index contributed by atoms with van der Waals surface area (Å²) in [5, 5.41) is 3.30. The number of carbonyl (C=O) groups excluding carboxylic acids is 2. The molecule has 23 heavy (non-hydrogen) atoms. The van der Waals surface area contributed by atoms with Crippen LogP contribution in [0.15, 0.2) is 24.3 Å². The van der Waals surface area contributed by atoms with E-state index in [-0.39, 0.29) is 17.1 Å². The number of rotatable bonds is 3. The maximum Gasteiger partial charge on any atom is 0.306 e. The molecule has 1 aromatic rings. The minimum absolute atomic E-state index is 0.0637. The van der Waals surface area contributed by atoms with Gasteiger partial charge in [-0.3, -0.25) is 9.59 Å². The van der Waals surface area contributed by atoms with E-state index in [1.54, 1.807) is 12.1 Å². The lowest BCUT2D eigenvalue weighted by molar-refractivity contribution is -0.156. The van der Waals surface area contributed by atoms with Gasteiger partial charge in [-0.25, -0.2) is 4.39 Å². The van der Waals surface area contributed by atoms with Crippen molar-refractivity contribution in [2.45, 2.75) is 45.6 Å². The Bertz CT molecular complexity index is 505. The zero-order valence-corrected chi connectivity index (χ0v) is 14.1. The van der Waals surface area contributed by atoms with Crippen molar-refractivity contribution in [3.05, 3.63) is 35.6 Å². The fraction of sp³-hybridized carbons (Fsp3) is 0.556. The molecule has 1 fully saturated rings. The summed E-state index contributed by atoms with van der Waals surface area (Å²) in [5.74, 6) is -0.0581. The fourth-order valence-electron chi connectivity index (χ4n) is 2.29. The summed E-state index contributed by atoms with van der Waals surface area (Å²) in [7, 11) is 0. The van der Waals surface area contributed by atoms with Crippen LogP contribution in [0.25, 0.3) is 0 Å². The Hall–Kier alpha value is -1.75. The van der Waals surface area contributed by atoms with E-state index < -0.39 is 5.82 Å². The molecule has 0 saturated carbocycles. The van der Waals surface area contributed by atoms with Gasteiger partial charge in [0.2, 0.25) is 0 Å². The highest BCUT2D eigenvalue weighted by Gasteiger charge is 2.21. The summed E-state index contributed by atoms with van der Waals surface area (Å²) in [6.07, 6.45) is 3.37. The molecular weight excluding hydrogens is 297 g/mol.